The van der Waals surface area contributed by atoms with Crippen molar-refractivity contribution in [2.24, 2.45) is 0 Å². The Balaban J connectivity index is 2.45. The second-order valence-electron chi connectivity index (χ2n) is 3.55. The van der Waals surface area contributed by atoms with E-state index in [1.165, 1.54) is 0 Å². The second-order valence-corrected chi connectivity index (χ2v) is 4.36. The third-order valence-corrected chi connectivity index (χ3v) is 2.87. The van der Waals surface area contributed by atoms with Gasteiger partial charge in [0.2, 0.25) is 0 Å². The van der Waals surface area contributed by atoms with Gasteiger partial charge in [-0.1, -0.05) is 26.0 Å². The molecule has 0 aliphatic rings. The summed E-state index contributed by atoms with van der Waals surface area (Å²) in [6, 6.07) is 7.80. The lowest BCUT2D eigenvalue weighted by atomic mass is 10.1. The predicted molar refractivity (Wildman–Crippen MR) is 60.9 cm³/mol. The first-order chi connectivity index (χ1) is 6.68. The Morgan fingerprint density at radius 1 is 1.29 bits per heavy atom. The molecule has 0 aliphatic heterocycles. The smallest absolute Gasteiger partial charge is 0.199 e. The van der Waals surface area contributed by atoms with Crippen LogP contribution in [0.1, 0.15) is 25.7 Å². The number of hydrogen-bond donors (Lipinski definition) is 1. The van der Waals surface area contributed by atoms with Crippen LogP contribution in [0.2, 0.25) is 0 Å². The average molecular weight is 207 g/mol. The number of thiol groups is 1. The van der Waals surface area contributed by atoms with Crippen molar-refractivity contribution < 1.29 is 4.42 Å². The van der Waals surface area contributed by atoms with Gasteiger partial charge in [-0.05, 0) is 12.1 Å². The highest BCUT2D eigenvalue weighted by atomic mass is 32.1. The Kier molecular flexibility index (Phi) is 2.50. The Morgan fingerprint density at radius 3 is 2.64 bits per heavy atom. The zero-order chi connectivity index (χ0) is 10.1. The summed E-state index contributed by atoms with van der Waals surface area (Å²) in [7, 11) is 0. The maximum absolute atomic E-state index is 5.63. The van der Waals surface area contributed by atoms with Crippen LogP contribution in [-0.4, -0.2) is 10.2 Å². The van der Waals surface area contributed by atoms with Crippen LogP contribution >= 0.6 is 12.6 Å². The van der Waals surface area contributed by atoms with Gasteiger partial charge in [-0.15, -0.1) is 0 Å². The Labute approximate surface area is 88.7 Å². The van der Waals surface area contributed by atoms with Crippen molar-refractivity contribution in [3.63, 3.8) is 0 Å². The van der Waals surface area contributed by atoms with Gasteiger partial charge in [-0.2, -0.15) is 12.6 Å². The molecule has 0 spiro atoms. The maximum atomic E-state index is 5.63. The van der Waals surface area contributed by atoms with Crippen molar-refractivity contribution in [1.29, 1.82) is 0 Å². The van der Waals surface area contributed by atoms with Gasteiger partial charge in [-0.3, -0.25) is 0 Å². The van der Waals surface area contributed by atoms with E-state index in [0.29, 0.717) is 0 Å². The molecule has 0 fully saturated rings. The van der Waals surface area contributed by atoms with Crippen molar-refractivity contribution in [2.75, 3.05) is 0 Å². The molecule has 0 saturated carbocycles. The minimum Gasteiger partial charge on any atom is -0.440 e. The molecule has 2 unspecified atom stereocenters. The lowest BCUT2D eigenvalue weighted by molar-refractivity contribution is 0.484. The normalized spacial score (nSPS) is 15.6. The first-order valence-corrected chi connectivity index (χ1v) is 5.23. The van der Waals surface area contributed by atoms with Crippen molar-refractivity contribution in [2.45, 2.75) is 25.0 Å². The number of rotatable bonds is 2. The third-order valence-electron chi connectivity index (χ3n) is 2.42. The minimum absolute atomic E-state index is 0.241. The maximum Gasteiger partial charge on any atom is 0.199 e. The van der Waals surface area contributed by atoms with Crippen molar-refractivity contribution in [3.8, 4) is 0 Å². The van der Waals surface area contributed by atoms with Crippen LogP contribution in [0, 0.1) is 0 Å². The molecule has 3 heteroatoms. The molecule has 2 nitrogen and oxygen atoms in total. The number of aromatic nitrogens is 1. The second kappa shape index (κ2) is 3.65. The first-order valence-electron chi connectivity index (χ1n) is 4.72. The number of hydrogen-bond acceptors (Lipinski definition) is 3. The Hall–Kier alpha value is -0.960. The quantitative estimate of drug-likeness (QED) is 0.765. The van der Waals surface area contributed by atoms with Gasteiger partial charge in [0.05, 0.1) is 0 Å². The fraction of sp³-hybridized carbons (Fsp3) is 0.364. The summed E-state index contributed by atoms with van der Waals surface area (Å²) in [4.78, 5) is 4.42. The summed E-state index contributed by atoms with van der Waals surface area (Å²) in [6.07, 6.45) is 0. The topological polar surface area (TPSA) is 26.0 Å². The SMILES string of the molecule is CC(S)C(C)c1nc2ccccc2o1. The molecule has 2 atom stereocenters. The molecule has 1 aromatic carbocycles. The number of oxazole rings is 1. The van der Waals surface area contributed by atoms with Crippen LogP contribution in [0.25, 0.3) is 11.1 Å². The average Bonchev–Trinajstić information content (AvgIpc) is 2.59. The van der Waals surface area contributed by atoms with Gasteiger partial charge in [0.25, 0.3) is 0 Å². The van der Waals surface area contributed by atoms with Crippen molar-refractivity contribution in [3.05, 3.63) is 30.2 Å². The van der Waals surface area contributed by atoms with E-state index in [0.717, 1.165) is 17.0 Å². The van der Waals surface area contributed by atoms with Crippen LogP contribution in [0.4, 0.5) is 0 Å². The molecule has 2 aromatic rings. The molecule has 0 bridgehead atoms. The molecule has 2 rings (SSSR count). The van der Waals surface area contributed by atoms with Crippen LogP contribution in [-0.2, 0) is 0 Å². The van der Waals surface area contributed by atoms with E-state index in [-0.39, 0.29) is 11.2 Å². The highest BCUT2D eigenvalue weighted by Crippen LogP contribution is 2.25. The fourth-order valence-electron chi connectivity index (χ4n) is 1.29. The summed E-state index contributed by atoms with van der Waals surface area (Å²) >= 11 is 4.39. The summed E-state index contributed by atoms with van der Waals surface area (Å²) in [6.45, 7) is 4.12. The highest BCUT2D eigenvalue weighted by molar-refractivity contribution is 7.81. The van der Waals surface area contributed by atoms with Gasteiger partial charge in [-0.25, -0.2) is 4.98 Å². The third kappa shape index (κ3) is 1.64. The summed E-state index contributed by atoms with van der Waals surface area (Å²) in [5, 5.41) is 0.253. The van der Waals surface area contributed by atoms with E-state index >= 15 is 0 Å². The summed E-state index contributed by atoms with van der Waals surface area (Å²) < 4.78 is 5.63. The lowest BCUT2D eigenvalue weighted by Crippen LogP contribution is -2.04. The van der Waals surface area contributed by atoms with Crippen molar-refractivity contribution in [1.82, 2.24) is 4.98 Å². The zero-order valence-corrected chi connectivity index (χ0v) is 9.16. The number of fused-ring (bicyclic) bond motifs is 1. The summed E-state index contributed by atoms with van der Waals surface area (Å²) in [5.74, 6) is 1.01. The predicted octanol–water partition coefficient (Wildman–Crippen LogP) is 3.25. The molecular formula is C11H13NOS. The van der Waals surface area contributed by atoms with Crippen LogP contribution in [0.3, 0.4) is 0 Å². The molecule has 1 heterocycles. The molecule has 0 N–H and O–H groups in total. The zero-order valence-electron chi connectivity index (χ0n) is 8.27. The van der Waals surface area contributed by atoms with Gasteiger partial charge >= 0.3 is 0 Å². The largest absolute Gasteiger partial charge is 0.440 e. The molecule has 74 valence electrons. The minimum atomic E-state index is 0.241. The Morgan fingerprint density at radius 2 is 2.00 bits per heavy atom. The van der Waals surface area contributed by atoms with E-state index in [1.807, 2.05) is 31.2 Å². The number of para-hydroxylation sites is 2. The molecule has 0 amide bonds. The van der Waals surface area contributed by atoms with Gasteiger partial charge in [0.15, 0.2) is 11.5 Å². The molecule has 14 heavy (non-hydrogen) atoms. The number of benzene rings is 1. The van der Waals surface area contributed by atoms with Gasteiger partial charge in [0.1, 0.15) is 5.52 Å². The number of nitrogens with zero attached hydrogens (tertiary/aromatic N) is 1. The van der Waals surface area contributed by atoms with E-state index in [2.05, 4.69) is 24.5 Å². The van der Waals surface area contributed by atoms with Crippen LogP contribution < -0.4 is 0 Å². The van der Waals surface area contributed by atoms with E-state index in [4.69, 9.17) is 4.42 Å². The van der Waals surface area contributed by atoms with Crippen LogP contribution in [0.5, 0.6) is 0 Å². The lowest BCUT2D eigenvalue weighted by Gasteiger charge is -2.09. The standard InChI is InChI=1S/C11H13NOS/c1-7(8(2)14)11-12-9-5-3-4-6-10(9)13-11/h3-8,14H,1-2H3. The van der Waals surface area contributed by atoms with Gasteiger partial charge in [0, 0.05) is 11.2 Å². The van der Waals surface area contributed by atoms with Gasteiger partial charge < -0.3 is 4.42 Å². The monoisotopic (exact) mass is 207 g/mol. The van der Waals surface area contributed by atoms with E-state index in [9.17, 15) is 0 Å². The summed E-state index contributed by atoms with van der Waals surface area (Å²) in [5.41, 5.74) is 1.77. The molecule has 1 aromatic heterocycles. The van der Waals surface area contributed by atoms with E-state index < -0.39 is 0 Å². The molecule has 0 radical (unpaired) electrons. The van der Waals surface area contributed by atoms with Crippen LogP contribution in [0.15, 0.2) is 28.7 Å². The Bertz CT molecular complexity index is 403. The first kappa shape index (κ1) is 9.59. The van der Waals surface area contributed by atoms with Crippen molar-refractivity contribution >= 4 is 23.7 Å². The highest BCUT2D eigenvalue weighted by Gasteiger charge is 2.16. The molecular weight excluding hydrogens is 194 g/mol. The molecule has 0 aliphatic carbocycles. The van der Waals surface area contributed by atoms with E-state index in [1.54, 1.807) is 0 Å². The fourth-order valence-corrected chi connectivity index (χ4v) is 1.42. The molecule has 0 saturated heterocycles.